The molecule has 0 aliphatic heterocycles. The van der Waals surface area contributed by atoms with Gasteiger partial charge in [-0.1, -0.05) is 11.6 Å². The van der Waals surface area contributed by atoms with Gasteiger partial charge in [0, 0.05) is 10.7 Å². The van der Waals surface area contributed by atoms with E-state index >= 15 is 0 Å². The molecule has 0 aliphatic rings. The zero-order chi connectivity index (χ0) is 15.8. The van der Waals surface area contributed by atoms with Crippen molar-refractivity contribution >= 4 is 33.0 Å². The molecule has 0 fully saturated rings. The Morgan fingerprint density at radius 3 is 2.38 bits per heavy atom. The number of halogens is 4. The van der Waals surface area contributed by atoms with Crippen LogP contribution in [0.25, 0.3) is 0 Å². The second-order valence-corrected chi connectivity index (χ2v) is 6.13. The van der Waals surface area contributed by atoms with Crippen LogP contribution in [0, 0.1) is 17.5 Å². The molecule has 9 heteroatoms. The molecule has 0 amide bonds. The molecule has 0 heterocycles. The molecule has 21 heavy (non-hydrogen) atoms. The van der Waals surface area contributed by atoms with Gasteiger partial charge in [-0.2, -0.15) is 0 Å². The van der Waals surface area contributed by atoms with Crippen molar-refractivity contribution in [2.45, 2.75) is 4.90 Å². The van der Waals surface area contributed by atoms with Crippen LogP contribution in [-0.2, 0) is 10.0 Å². The number of hydrogen-bond acceptors (Lipinski definition) is 3. The van der Waals surface area contributed by atoms with Gasteiger partial charge in [0.2, 0.25) is 0 Å². The summed E-state index contributed by atoms with van der Waals surface area (Å²) in [5, 5.41) is 0.0633. The molecular formula is C12H8ClF3N2O2S. The third kappa shape index (κ3) is 3.22. The molecule has 0 saturated heterocycles. The summed E-state index contributed by atoms with van der Waals surface area (Å²) in [7, 11) is -4.57. The SMILES string of the molecule is Nc1cc(F)c(F)c(S(=O)(=O)Nc2cc(Cl)ccc2F)c1. The van der Waals surface area contributed by atoms with Crippen molar-refractivity contribution < 1.29 is 21.6 Å². The fraction of sp³-hybridized carbons (Fsp3) is 0. The second-order valence-electron chi connectivity index (χ2n) is 4.04. The molecule has 0 spiro atoms. The third-order valence-corrected chi connectivity index (χ3v) is 4.08. The lowest BCUT2D eigenvalue weighted by Gasteiger charge is -2.11. The van der Waals surface area contributed by atoms with Gasteiger partial charge in [-0.05, 0) is 30.3 Å². The van der Waals surface area contributed by atoms with Crippen molar-refractivity contribution in [1.29, 1.82) is 0 Å². The van der Waals surface area contributed by atoms with Gasteiger partial charge in [0.15, 0.2) is 11.6 Å². The molecule has 0 radical (unpaired) electrons. The molecule has 2 rings (SSSR count). The first-order valence-corrected chi connectivity index (χ1v) is 7.29. The van der Waals surface area contributed by atoms with Gasteiger partial charge >= 0.3 is 0 Å². The summed E-state index contributed by atoms with van der Waals surface area (Å²) < 4.78 is 66.1. The van der Waals surface area contributed by atoms with Crippen LogP contribution in [0.1, 0.15) is 0 Å². The molecule has 0 saturated carbocycles. The predicted molar refractivity (Wildman–Crippen MR) is 73.0 cm³/mol. The van der Waals surface area contributed by atoms with Gasteiger partial charge in [0.25, 0.3) is 10.0 Å². The quantitative estimate of drug-likeness (QED) is 0.846. The second kappa shape index (κ2) is 5.45. The maximum Gasteiger partial charge on any atom is 0.265 e. The van der Waals surface area contributed by atoms with Gasteiger partial charge < -0.3 is 5.73 Å². The highest BCUT2D eigenvalue weighted by molar-refractivity contribution is 7.92. The highest BCUT2D eigenvalue weighted by Crippen LogP contribution is 2.26. The van der Waals surface area contributed by atoms with Gasteiger partial charge in [0.05, 0.1) is 5.69 Å². The molecule has 0 bridgehead atoms. The number of nitrogens with two attached hydrogens (primary N) is 1. The minimum Gasteiger partial charge on any atom is -0.399 e. The molecule has 2 aromatic carbocycles. The fourth-order valence-electron chi connectivity index (χ4n) is 1.55. The van der Waals surface area contributed by atoms with E-state index in [4.69, 9.17) is 17.3 Å². The zero-order valence-electron chi connectivity index (χ0n) is 10.2. The van der Waals surface area contributed by atoms with Crippen LogP contribution in [0.3, 0.4) is 0 Å². The van der Waals surface area contributed by atoms with Crippen LogP contribution in [0.5, 0.6) is 0 Å². The van der Waals surface area contributed by atoms with E-state index in [1.54, 1.807) is 4.72 Å². The Balaban J connectivity index is 2.51. The van der Waals surface area contributed by atoms with E-state index in [1.807, 2.05) is 0 Å². The molecule has 0 aliphatic carbocycles. The molecule has 3 N–H and O–H groups in total. The Morgan fingerprint density at radius 1 is 1.05 bits per heavy atom. The first-order valence-electron chi connectivity index (χ1n) is 5.43. The molecule has 2 aromatic rings. The van der Waals surface area contributed by atoms with Gasteiger partial charge in [0.1, 0.15) is 10.7 Å². The molecule has 112 valence electrons. The Hall–Kier alpha value is -1.93. The number of sulfonamides is 1. The summed E-state index contributed by atoms with van der Waals surface area (Å²) in [6.07, 6.45) is 0. The summed E-state index contributed by atoms with van der Waals surface area (Å²) in [6.45, 7) is 0. The summed E-state index contributed by atoms with van der Waals surface area (Å²) in [5.74, 6) is -3.96. The number of nitrogen functional groups attached to an aromatic ring is 1. The van der Waals surface area contributed by atoms with Gasteiger partial charge in [-0.25, -0.2) is 21.6 Å². The summed E-state index contributed by atoms with van der Waals surface area (Å²) >= 11 is 5.62. The van der Waals surface area contributed by atoms with Crippen LogP contribution in [0.15, 0.2) is 35.2 Å². The maximum atomic E-state index is 13.6. The van der Waals surface area contributed by atoms with E-state index in [0.29, 0.717) is 6.07 Å². The highest BCUT2D eigenvalue weighted by atomic mass is 35.5. The van der Waals surface area contributed by atoms with Gasteiger partial charge in [-0.3, -0.25) is 4.72 Å². The monoisotopic (exact) mass is 336 g/mol. The topological polar surface area (TPSA) is 72.2 Å². The Labute approximate surface area is 123 Å². The molecule has 0 unspecified atom stereocenters. The van der Waals surface area contributed by atoms with E-state index < -0.39 is 38.1 Å². The maximum absolute atomic E-state index is 13.6. The van der Waals surface area contributed by atoms with Crippen molar-refractivity contribution in [3.63, 3.8) is 0 Å². The van der Waals surface area contributed by atoms with Crippen molar-refractivity contribution in [3.05, 3.63) is 52.8 Å². The van der Waals surface area contributed by atoms with E-state index in [1.165, 1.54) is 6.07 Å². The van der Waals surface area contributed by atoms with Crippen molar-refractivity contribution in [3.8, 4) is 0 Å². The van der Waals surface area contributed by atoms with Crippen LogP contribution in [0.2, 0.25) is 5.02 Å². The van der Waals surface area contributed by atoms with E-state index in [0.717, 1.165) is 18.2 Å². The van der Waals surface area contributed by atoms with E-state index in [2.05, 4.69) is 0 Å². The minimum atomic E-state index is -4.57. The Bertz CT molecular complexity index is 812. The average Bonchev–Trinajstić information content (AvgIpc) is 2.37. The molecule has 0 aromatic heterocycles. The number of rotatable bonds is 3. The lowest BCUT2D eigenvalue weighted by atomic mass is 10.3. The predicted octanol–water partition coefficient (Wildman–Crippen LogP) is 3.14. The van der Waals surface area contributed by atoms with Crippen molar-refractivity contribution in [1.82, 2.24) is 0 Å². The molecule has 4 nitrogen and oxygen atoms in total. The molecule has 0 atom stereocenters. The molecular weight excluding hydrogens is 329 g/mol. The number of benzene rings is 2. The van der Waals surface area contributed by atoms with Crippen molar-refractivity contribution in [2.75, 3.05) is 10.5 Å². The first kappa shape index (κ1) is 15.5. The van der Waals surface area contributed by atoms with Crippen LogP contribution in [-0.4, -0.2) is 8.42 Å². The Morgan fingerprint density at radius 2 is 1.71 bits per heavy atom. The normalized spacial score (nSPS) is 11.4. The van der Waals surface area contributed by atoms with E-state index in [9.17, 15) is 21.6 Å². The lowest BCUT2D eigenvalue weighted by molar-refractivity contribution is 0.486. The smallest absolute Gasteiger partial charge is 0.265 e. The standard InChI is InChI=1S/C12H8ClF3N2O2S/c13-6-1-2-8(14)10(3-6)18-21(19,20)11-5-7(17)4-9(15)12(11)16/h1-5,18H,17H2. The number of nitrogens with one attached hydrogen (secondary N) is 1. The van der Waals surface area contributed by atoms with Crippen LogP contribution in [0.4, 0.5) is 24.5 Å². The zero-order valence-corrected chi connectivity index (χ0v) is 11.8. The number of hydrogen-bond donors (Lipinski definition) is 2. The fourth-order valence-corrected chi connectivity index (χ4v) is 2.91. The summed E-state index contributed by atoms with van der Waals surface area (Å²) in [5.41, 5.74) is 4.49. The summed E-state index contributed by atoms with van der Waals surface area (Å²) in [4.78, 5) is -1.03. The number of anilines is 2. The first-order chi connectivity index (χ1) is 9.70. The third-order valence-electron chi connectivity index (χ3n) is 2.48. The Kier molecular flexibility index (Phi) is 4.02. The minimum absolute atomic E-state index is 0.0633. The average molecular weight is 337 g/mol. The summed E-state index contributed by atoms with van der Waals surface area (Å²) in [6, 6.07) is 4.48. The van der Waals surface area contributed by atoms with E-state index in [-0.39, 0.29) is 10.7 Å². The van der Waals surface area contributed by atoms with Gasteiger partial charge in [-0.15, -0.1) is 0 Å². The largest absolute Gasteiger partial charge is 0.399 e. The lowest BCUT2D eigenvalue weighted by Crippen LogP contribution is -2.16. The van der Waals surface area contributed by atoms with Crippen molar-refractivity contribution in [2.24, 2.45) is 0 Å². The highest BCUT2D eigenvalue weighted by Gasteiger charge is 2.24. The van der Waals surface area contributed by atoms with Crippen LogP contribution < -0.4 is 10.5 Å². The van der Waals surface area contributed by atoms with Crippen LogP contribution >= 0.6 is 11.6 Å².